The summed E-state index contributed by atoms with van der Waals surface area (Å²) in [6.07, 6.45) is 1.87. The molecule has 0 saturated heterocycles. The molecule has 0 radical (unpaired) electrons. The molecule has 1 atom stereocenters. The van der Waals surface area contributed by atoms with Crippen LogP contribution < -0.4 is 5.76 Å². The third-order valence-electron chi connectivity index (χ3n) is 4.97. The highest BCUT2D eigenvalue weighted by atomic mass is 16.4. The third-order valence-corrected chi connectivity index (χ3v) is 4.97. The van der Waals surface area contributed by atoms with Gasteiger partial charge in [-0.05, 0) is 47.4 Å². The lowest BCUT2D eigenvalue weighted by Crippen LogP contribution is -2.23. The van der Waals surface area contributed by atoms with Crippen LogP contribution in [0.15, 0.2) is 51.7 Å². The minimum Gasteiger partial charge on any atom is -0.408 e. The standard InChI is InChI=1S/C20H21NO2/c1-13(2)16-8-9-21-19-17(16)11-15(12-18(19)23-20(21)22)10-14-6-4-3-5-7-14/h3-7,11-13,16H,8-10H2,1-2H3. The minimum atomic E-state index is -0.222. The maximum absolute atomic E-state index is 12.1. The van der Waals surface area contributed by atoms with Crippen LogP contribution in [-0.4, -0.2) is 4.57 Å². The lowest BCUT2D eigenvalue weighted by Gasteiger charge is -2.27. The Balaban J connectivity index is 1.87. The largest absolute Gasteiger partial charge is 0.419 e. The van der Waals surface area contributed by atoms with Crippen molar-refractivity contribution in [1.82, 2.24) is 4.57 Å². The molecule has 0 fully saturated rings. The van der Waals surface area contributed by atoms with Crippen LogP contribution >= 0.6 is 0 Å². The van der Waals surface area contributed by atoms with Gasteiger partial charge < -0.3 is 4.42 Å². The van der Waals surface area contributed by atoms with Gasteiger partial charge >= 0.3 is 5.76 Å². The quantitative estimate of drug-likeness (QED) is 0.722. The SMILES string of the molecule is CC(C)C1CCn2c(=O)oc3cc(Cc4ccccc4)cc1c32. The molecule has 1 aliphatic rings. The second-order valence-electron chi connectivity index (χ2n) is 6.85. The fourth-order valence-electron chi connectivity index (χ4n) is 3.83. The lowest BCUT2D eigenvalue weighted by molar-refractivity contribution is 0.409. The average Bonchev–Trinajstić information content (AvgIpc) is 2.85. The zero-order chi connectivity index (χ0) is 16.0. The van der Waals surface area contributed by atoms with Crippen molar-refractivity contribution in [2.75, 3.05) is 0 Å². The highest BCUT2D eigenvalue weighted by molar-refractivity contribution is 5.79. The van der Waals surface area contributed by atoms with Gasteiger partial charge in [-0.1, -0.05) is 50.2 Å². The summed E-state index contributed by atoms with van der Waals surface area (Å²) in [5.74, 6) is 0.828. The van der Waals surface area contributed by atoms with Crippen molar-refractivity contribution in [3.63, 3.8) is 0 Å². The number of rotatable bonds is 3. The Morgan fingerprint density at radius 2 is 1.96 bits per heavy atom. The van der Waals surface area contributed by atoms with Gasteiger partial charge in [-0.3, -0.25) is 4.57 Å². The summed E-state index contributed by atoms with van der Waals surface area (Å²) < 4.78 is 7.33. The topological polar surface area (TPSA) is 35.1 Å². The van der Waals surface area contributed by atoms with Crippen molar-refractivity contribution in [2.24, 2.45) is 5.92 Å². The summed E-state index contributed by atoms with van der Waals surface area (Å²) >= 11 is 0. The van der Waals surface area contributed by atoms with Crippen molar-refractivity contribution in [3.8, 4) is 0 Å². The van der Waals surface area contributed by atoms with E-state index >= 15 is 0 Å². The molecule has 0 saturated carbocycles. The lowest BCUT2D eigenvalue weighted by atomic mass is 9.82. The fraction of sp³-hybridized carbons (Fsp3) is 0.350. The van der Waals surface area contributed by atoms with Crippen LogP contribution in [-0.2, 0) is 13.0 Å². The average molecular weight is 307 g/mol. The predicted molar refractivity (Wildman–Crippen MR) is 91.9 cm³/mol. The molecule has 0 N–H and O–H groups in total. The van der Waals surface area contributed by atoms with Gasteiger partial charge in [-0.15, -0.1) is 0 Å². The summed E-state index contributed by atoms with van der Waals surface area (Å²) in [7, 11) is 0. The molecule has 2 aromatic carbocycles. The van der Waals surface area contributed by atoms with E-state index in [2.05, 4.69) is 44.2 Å². The van der Waals surface area contributed by atoms with Crippen molar-refractivity contribution in [3.05, 3.63) is 69.7 Å². The molecule has 3 aromatic rings. The smallest absolute Gasteiger partial charge is 0.408 e. The highest BCUT2D eigenvalue weighted by Crippen LogP contribution is 2.38. The maximum atomic E-state index is 12.1. The van der Waals surface area contributed by atoms with Gasteiger partial charge in [0.1, 0.15) is 0 Å². The number of aryl methyl sites for hydroxylation is 1. The van der Waals surface area contributed by atoms with Gasteiger partial charge in [0.15, 0.2) is 5.58 Å². The van der Waals surface area contributed by atoms with E-state index < -0.39 is 0 Å². The Morgan fingerprint density at radius 3 is 2.70 bits per heavy atom. The van der Waals surface area contributed by atoms with Crippen LogP contribution in [0.1, 0.15) is 42.9 Å². The van der Waals surface area contributed by atoms with Crippen molar-refractivity contribution >= 4 is 11.1 Å². The first-order chi connectivity index (χ1) is 11.1. The van der Waals surface area contributed by atoms with Gasteiger partial charge in [-0.2, -0.15) is 0 Å². The summed E-state index contributed by atoms with van der Waals surface area (Å²) in [5.41, 5.74) is 5.52. The van der Waals surface area contributed by atoms with E-state index in [4.69, 9.17) is 4.42 Å². The van der Waals surface area contributed by atoms with E-state index in [1.54, 1.807) is 4.57 Å². The molecular weight excluding hydrogens is 286 g/mol. The second-order valence-corrected chi connectivity index (χ2v) is 6.85. The highest BCUT2D eigenvalue weighted by Gasteiger charge is 2.27. The molecule has 0 bridgehead atoms. The molecule has 1 aromatic heterocycles. The van der Waals surface area contributed by atoms with Crippen LogP contribution in [0.3, 0.4) is 0 Å². The zero-order valence-electron chi connectivity index (χ0n) is 13.6. The summed E-state index contributed by atoms with van der Waals surface area (Å²) in [4.78, 5) is 12.1. The summed E-state index contributed by atoms with van der Waals surface area (Å²) in [6.45, 7) is 5.28. The van der Waals surface area contributed by atoms with Crippen molar-refractivity contribution < 1.29 is 4.42 Å². The van der Waals surface area contributed by atoms with Crippen LogP contribution in [0, 0.1) is 5.92 Å². The monoisotopic (exact) mass is 307 g/mol. The van der Waals surface area contributed by atoms with E-state index in [9.17, 15) is 4.79 Å². The fourth-order valence-corrected chi connectivity index (χ4v) is 3.83. The molecule has 1 aliphatic heterocycles. The first kappa shape index (κ1) is 14.3. The maximum Gasteiger partial charge on any atom is 0.419 e. The molecule has 3 heteroatoms. The Kier molecular flexibility index (Phi) is 3.37. The molecule has 118 valence electrons. The van der Waals surface area contributed by atoms with E-state index in [-0.39, 0.29) is 5.76 Å². The molecule has 23 heavy (non-hydrogen) atoms. The molecule has 0 aliphatic carbocycles. The zero-order valence-corrected chi connectivity index (χ0v) is 13.6. The number of benzene rings is 2. The van der Waals surface area contributed by atoms with E-state index in [0.29, 0.717) is 11.8 Å². The molecule has 4 rings (SSSR count). The number of nitrogens with zero attached hydrogens (tertiary/aromatic N) is 1. The van der Waals surface area contributed by atoms with Gasteiger partial charge in [0.25, 0.3) is 0 Å². The molecule has 0 amide bonds. The number of aromatic nitrogens is 1. The normalized spacial score (nSPS) is 17.1. The Bertz CT molecular complexity index is 903. The minimum absolute atomic E-state index is 0.222. The predicted octanol–water partition coefficient (Wildman–Crippen LogP) is 4.33. The van der Waals surface area contributed by atoms with E-state index in [0.717, 1.165) is 30.5 Å². The molecule has 0 spiro atoms. The van der Waals surface area contributed by atoms with E-state index in [1.807, 2.05) is 12.1 Å². The van der Waals surface area contributed by atoms with Crippen molar-refractivity contribution in [1.29, 1.82) is 0 Å². The van der Waals surface area contributed by atoms with E-state index in [1.165, 1.54) is 16.7 Å². The van der Waals surface area contributed by atoms with Gasteiger partial charge in [-0.25, -0.2) is 4.79 Å². The van der Waals surface area contributed by atoms with Gasteiger partial charge in [0.05, 0.1) is 5.52 Å². The number of oxazole rings is 1. The first-order valence-corrected chi connectivity index (χ1v) is 8.33. The molecule has 1 unspecified atom stereocenters. The van der Waals surface area contributed by atoms with Gasteiger partial charge in [0, 0.05) is 6.54 Å². The van der Waals surface area contributed by atoms with Gasteiger partial charge in [0.2, 0.25) is 0 Å². The molecule has 3 nitrogen and oxygen atoms in total. The first-order valence-electron chi connectivity index (χ1n) is 8.33. The summed E-state index contributed by atoms with van der Waals surface area (Å²) in [5, 5.41) is 0. The number of hydrogen-bond acceptors (Lipinski definition) is 2. The molecular formula is C20H21NO2. The van der Waals surface area contributed by atoms with Crippen molar-refractivity contribution in [2.45, 2.75) is 39.2 Å². The van der Waals surface area contributed by atoms with Crippen LogP contribution in [0.4, 0.5) is 0 Å². The Hall–Kier alpha value is -2.29. The third kappa shape index (κ3) is 2.40. The van der Waals surface area contributed by atoms with Crippen LogP contribution in [0.2, 0.25) is 0 Å². The Morgan fingerprint density at radius 1 is 1.17 bits per heavy atom. The van der Waals surface area contributed by atoms with Crippen LogP contribution in [0.25, 0.3) is 11.1 Å². The second kappa shape index (κ2) is 5.41. The molecule has 2 heterocycles. The number of hydrogen-bond donors (Lipinski definition) is 0. The van der Waals surface area contributed by atoms with Crippen LogP contribution in [0.5, 0.6) is 0 Å². The Labute approximate surface area is 135 Å². The summed E-state index contributed by atoms with van der Waals surface area (Å²) in [6, 6.07) is 14.7.